The van der Waals surface area contributed by atoms with Crippen molar-refractivity contribution < 1.29 is 13.2 Å². The molecule has 0 aromatic heterocycles. The van der Waals surface area contributed by atoms with E-state index in [1.165, 1.54) is 6.07 Å². The van der Waals surface area contributed by atoms with Crippen LogP contribution in [0.3, 0.4) is 0 Å². The highest BCUT2D eigenvalue weighted by Gasteiger charge is 2.35. The molecule has 1 aliphatic rings. The molecular formula is C14H18BrF3N2. The van der Waals surface area contributed by atoms with Crippen molar-refractivity contribution in [3.63, 3.8) is 0 Å². The molecule has 0 saturated carbocycles. The molecule has 0 amide bonds. The zero-order valence-electron chi connectivity index (χ0n) is 11.3. The van der Waals surface area contributed by atoms with Gasteiger partial charge in [0.2, 0.25) is 0 Å². The van der Waals surface area contributed by atoms with Gasteiger partial charge in [0.05, 0.1) is 5.56 Å². The largest absolute Gasteiger partial charge is 0.418 e. The maximum atomic E-state index is 13.1. The molecule has 0 spiro atoms. The third-order valence-electron chi connectivity index (χ3n) is 3.61. The maximum Gasteiger partial charge on any atom is 0.418 e. The van der Waals surface area contributed by atoms with E-state index < -0.39 is 11.7 Å². The average molecular weight is 351 g/mol. The van der Waals surface area contributed by atoms with Gasteiger partial charge in [0, 0.05) is 23.8 Å². The summed E-state index contributed by atoms with van der Waals surface area (Å²) in [5, 5.41) is 3.29. The number of hydrogen-bond donors (Lipinski definition) is 1. The summed E-state index contributed by atoms with van der Waals surface area (Å²) in [6.07, 6.45) is -2.18. The van der Waals surface area contributed by atoms with E-state index in [0.717, 1.165) is 32.0 Å². The predicted octanol–water partition coefficient (Wildman–Crippen LogP) is 3.90. The Balaban J connectivity index is 2.18. The van der Waals surface area contributed by atoms with Gasteiger partial charge in [-0.25, -0.2) is 0 Å². The maximum absolute atomic E-state index is 13.1. The van der Waals surface area contributed by atoms with Gasteiger partial charge in [-0.15, -0.1) is 0 Å². The molecule has 6 heteroatoms. The van der Waals surface area contributed by atoms with Gasteiger partial charge >= 0.3 is 6.18 Å². The fraction of sp³-hybridized carbons (Fsp3) is 0.571. The molecule has 1 aromatic carbocycles. The second-order valence-electron chi connectivity index (χ2n) is 5.25. The minimum Gasteiger partial charge on any atom is -0.374 e. The Bertz CT molecular complexity index is 456. The molecule has 0 radical (unpaired) electrons. The van der Waals surface area contributed by atoms with Gasteiger partial charge in [0.1, 0.15) is 0 Å². The van der Waals surface area contributed by atoms with Gasteiger partial charge in [-0.05, 0) is 50.0 Å². The normalized spacial score (nSPS) is 19.9. The van der Waals surface area contributed by atoms with Gasteiger partial charge < -0.3 is 10.2 Å². The molecule has 1 fully saturated rings. The fourth-order valence-electron chi connectivity index (χ4n) is 2.63. The van der Waals surface area contributed by atoms with E-state index in [1.54, 1.807) is 18.0 Å². The Labute approximate surface area is 125 Å². The minimum absolute atomic E-state index is 0.242. The standard InChI is InChI=1S/C14H18BrF3N2/c1-20(9-10-3-2-6-19-8-10)13-5-4-11(15)7-12(13)14(16,17)18/h4-5,7,10,19H,2-3,6,8-9H2,1H3. The number of anilines is 1. The van der Waals surface area contributed by atoms with E-state index in [4.69, 9.17) is 0 Å². The monoisotopic (exact) mass is 350 g/mol. The Morgan fingerprint density at radius 1 is 1.40 bits per heavy atom. The highest BCUT2D eigenvalue weighted by Crippen LogP contribution is 2.38. The second-order valence-corrected chi connectivity index (χ2v) is 6.17. The van der Waals surface area contributed by atoms with Crippen molar-refractivity contribution >= 4 is 21.6 Å². The Kier molecular flexibility index (Phi) is 4.96. The SMILES string of the molecule is CN(CC1CCCNC1)c1ccc(Br)cc1C(F)(F)F. The molecule has 1 aromatic rings. The molecular weight excluding hydrogens is 333 g/mol. The molecule has 0 bridgehead atoms. The highest BCUT2D eigenvalue weighted by atomic mass is 79.9. The van der Waals surface area contributed by atoms with Crippen LogP contribution in [0.15, 0.2) is 22.7 Å². The lowest BCUT2D eigenvalue weighted by atomic mass is 9.98. The van der Waals surface area contributed by atoms with Crippen LogP contribution in [0.2, 0.25) is 0 Å². The summed E-state index contributed by atoms with van der Waals surface area (Å²) < 4.78 is 39.8. The summed E-state index contributed by atoms with van der Waals surface area (Å²) in [7, 11) is 1.73. The molecule has 2 nitrogen and oxygen atoms in total. The first-order valence-corrected chi connectivity index (χ1v) is 7.46. The van der Waals surface area contributed by atoms with E-state index in [0.29, 0.717) is 16.9 Å². The Morgan fingerprint density at radius 2 is 2.15 bits per heavy atom. The highest BCUT2D eigenvalue weighted by molar-refractivity contribution is 9.10. The lowest BCUT2D eigenvalue weighted by molar-refractivity contribution is -0.137. The number of alkyl halides is 3. The van der Waals surface area contributed by atoms with E-state index in [-0.39, 0.29) is 5.69 Å². The van der Waals surface area contributed by atoms with Crippen LogP contribution in [0.4, 0.5) is 18.9 Å². The van der Waals surface area contributed by atoms with E-state index in [9.17, 15) is 13.2 Å². The van der Waals surface area contributed by atoms with Crippen LogP contribution in [0.5, 0.6) is 0 Å². The number of rotatable bonds is 3. The summed E-state index contributed by atoms with van der Waals surface area (Å²) in [5.74, 6) is 0.401. The number of nitrogens with zero attached hydrogens (tertiary/aromatic N) is 1. The lowest BCUT2D eigenvalue weighted by Gasteiger charge is -2.30. The molecule has 20 heavy (non-hydrogen) atoms. The minimum atomic E-state index is -4.34. The van der Waals surface area contributed by atoms with Crippen LogP contribution in [-0.4, -0.2) is 26.7 Å². The molecule has 1 N–H and O–H groups in total. The zero-order chi connectivity index (χ0) is 14.8. The fourth-order valence-corrected chi connectivity index (χ4v) is 2.99. The van der Waals surface area contributed by atoms with Gasteiger partial charge in [-0.1, -0.05) is 15.9 Å². The van der Waals surface area contributed by atoms with E-state index >= 15 is 0 Å². The molecule has 0 aliphatic carbocycles. The molecule has 1 aliphatic heterocycles. The number of benzene rings is 1. The smallest absolute Gasteiger partial charge is 0.374 e. The van der Waals surface area contributed by atoms with Crippen LogP contribution in [0.1, 0.15) is 18.4 Å². The van der Waals surface area contributed by atoms with E-state index in [1.807, 2.05) is 0 Å². The van der Waals surface area contributed by atoms with E-state index in [2.05, 4.69) is 21.2 Å². The Hall–Kier alpha value is -0.750. The molecule has 1 saturated heterocycles. The van der Waals surface area contributed by atoms with Gasteiger partial charge in [-0.3, -0.25) is 0 Å². The second kappa shape index (κ2) is 6.35. The van der Waals surface area contributed by atoms with Crippen LogP contribution in [0.25, 0.3) is 0 Å². The summed E-state index contributed by atoms with van der Waals surface area (Å²) in [6.45, 7) is 2.52. The number of nitrogens with one attached hydrogen (secondary N) is 1. The van der Waals surface area contributed by atoms with Crippen molar-refractivity contribution in [2.24, 2.45) is 5.92 Å². The summed E-state index contributed by atoms with van der Waals surface area (Å²) >= 11 is 3.11. The van der Waals surface area contributed by atoms with Gasteiger partial charge in [0.15, 0.2) is 0 Å². The van der Waals surface area contributed by atoms with Crippen molar-refractivity contribution in [2.75, 3.05) is 31.6 Å². The number of hydrogen-bond acceptors (Lipinski definition) is 2. The quantitative estimate of drug-likeness (QED) is 0.889. The first-order chi connectivity index (χ1) is 9.38. The average Bonchev–Trinajstić information content (AvgIpc) is 2.38. The topological polar surface area (TPSA) is 15.3 Å². The van der Waals surface area contributed by atoms with Crippen LogP contribution >= 0.6 is 15.9 Å². The van der Waals surface area contributed by atoms with Crippen molar-refractivity contribution in [2.45, 2.75) is 19.0 Å². The van der Waals surface area contributed by atoms with Gasteiger partial charge in [-0.2, -0.15) is 13.2 Å². The van der Waals surface area contributed by atoms with Crippen molar-refractivity contribution in [3.05, 3.63) is 28.2 Å². The van der Waals surface area contributed by atoms with Crippen LogP contribution < -0.4 is 10.2 Å². The Morgan fingerprint density at radius 3 is 2.75 bits per heavy atom. The third-order valence-corrected chi connectivity index (χ3v) is 4.10. The lowest BCUT2D eigenvalue weighted by Crippen LogP contribution is -2.37. The summed E-state index contributed by atoms with van der Waals surface area (Å²) in [4.78, 5) is 1.72. The zero-order valence-corrected chi connectivity index (χ0v) is 12.9. The van der Waals surface area contributed by atoms with Crippen molar-refractivity contribution in [3.8, 4) is 0 Å². The number of halogens is 4. The first-order valence-electron chi connectivity index (χ1n) is 6.66. The predicted molar refractivity (Wildman–Crippen MR) is 78.0 cm³/mol. The molecule has 112 valence electrons. The summed E-state index contributed by atoms with van der Waals surface area (Å²) in [6, 6.07) is 4.33. The number of piperidine rings is 1. The molecule has 1 unspecified atom stereocenters. The van der Waals surface area contributed by atoms with Crippen molar-refractivity contribution in [1.29, 1.82) is 0 Å². The summed E-state index contributed by atoms with van der Waals surface area (Å²) in [5.41, 5.74) is -0.343. The first kappa shape index (κ1) is 15.6. The van der Waals surface area contributed by atoms with Crippen LogP contribution in [0, 0.1) is 5.92 Å². The molecule has 2 rings (SSSR count). The third kappa shape index (κ3) is 3.88. The molecule has 1 atom stereocenters. The van der Waals surface area contributed by atoms with Crippen LogP contribution in [-0.2, 0) is 6.18 Å². The van der Waals surface area contributed by atoms with Gasteiger partial charge in [0.25, 0.3) is 0 Å². The van der Waals surface area contributed by atoms with Crippen molar-refractivity contribution in [1.82, 2.24) is 5.32 Å². The molecule has 1 heterocycles.